The summed E-state index contributed by atoms with van der Waals surface area (Å²) in [6, 6.07) is 6.19. The number of sulfonamides is 1. The Morgan fingerprint density at radius 3 is 2.49 bits per heavy atom. The third kappa shape index (κ3) is 5.54. The van der Waals surface area contributed by atoms with Crippen LogP contribution in [-0.2, 0) is 16.6 Å². The van der Waals surface area contributed by atoms with Crippen molar-refractivity contribution in [2.24, 2.45) is 0 Å². The maximum atomic E-state index is 13.4. The number of pyridine rings is 1. The SMILES string of the molecule is CS(=O)(=O)Nc1cc(CNc2ncsc2C(=O)Nc2ccc3c(c2)OC(F)(F)C(F)(F)O3)ccn1. The van der Waals surface area contributed by atoms with Crippen molar-refractivity contribution >= 4 is 44.6 Å². The number of amides is 1. The first-order valence-electron chi connectivity index (χ1n) is 9.52. The van der Waals surface area contributed by atoms with Crippen LogP contribution >= 0.6 is 11.3 Å². The van der Waals surface area contributed by atoms with Gasteiger partial charge in [-0.2, -0.15) is 17.6 Å². The number of nitrogens with zero attached hydrogens (tertiary/aromatic N) is 2. The largest absolute Gasteiger partial charge is 0.507 e. The van der Waals surface area contributed by atoms with Crippen LogP contribution in [0.3, 0.4) is 0 Å². The van der Waals surface area contributed by atoms with Gasteiger partial charge in [-0.15, -0.1) is 11.3 Å². The zero-order chi connectivity index (χ0) is 25.4. The Labute approximate surface area is 199 Å². The number of carbonyl (C=O) groups excluding carboxylic acids is 1. The number of thiazole rings is 1. The first kappa shape index (κ1) is 24.5. The van der Waals surface area contributed by atoms with Crippen molar-refractivity contribution in [1.82, 2.24) is 9.97 Å². The summed E-state index contributed by atoms with van der Waals surface area (Å²) in [5, 5.41) is 5.40. The van der Waals surface area contributed by atoms with Gasteiger partial charge in [0.05, 0.1) is 11.8 Å². The summed E-state index contributed by atoms with van der Waals surface area (Å²) in [6.07, 6.45) is -7.34. The molecule has 3 heterocycles. The molecule has 0 atom stereocenters. The molecule has 1 aliphatic rings. The maximum absolute atomic E-state index is 13.4. The van der Waals surface area contributed by atoms with Crippen LogP contribution in [0.4, 0.5) is 34.9 Å². The van der Waals surface area contributed by atoms with Crippen LogP contribution in [0.15, 0.2) is 42.0 Å². The molecule has 0 fully saturated rings. The summed E-state index contributed by atoms with van der Waals surface area (Å²) in [5.74, 6) is -1.62. The highest BCUT2D eigenvalue weighted by atomic mass is 32.2. The second-order valence-electron chi connectivity index (χ2n) is 7.16. The molecule has 16 heteroatoms. The average molecular weight is 533 g/mol. The molecule has 3 N–H and O–H groups in total. The Bertz CT molecular complexity index is 1380. The van der Waals surface area contributed by atoms with Gasteiger partial charge in [0, 0.05) is 24.5 Å². The fraction of sp³-hybridized carbons (Fsp3) is 0.211. The predicted octanol–water partition coefficient (Wildman–Crippen LogP) is 3.73. The molecule has 0 saturated carbocycles. The smallest absolute Gasteiger partial charge is 0.421 e. The normalized spacial score (nSPS) is 15.8. The van der Waals surface area contributed by atoms with Crippen molar-refractivity contribution in [3.63, 3.8) is 0 Å². The summed E-state index contributed by atoms with van der Waals surface area (Å²) >= 11 is 0.987. The molecule has 35 heavy (non-hydrogen) atoms. The summed E-state index contributed by atoms with van der Waals surface area (Å²) in [6.45, 7) is 0.165. The van der Waals surface area contributed by atoms with E-state index in [0.29, 0.717) is 5.56 Å². The second-order valence-corrected chi connectivity index (χ2v) is 9.76. The van der Waals surface area contributed by atoms with Gasteiger partial charge in [-0.25, -0.2) is 18.4 Å². The van der Waals surface area contributed by atoms with Crippen molar-refractivity contribution in [2.75, 3.05) is 21.6 Å². The van der Waals surface area contributed by atoms with Crippen LogP contribution in [0.25, 0.3) is 0 Å². The molecule has 1 aliphatic heterocycles. The van der Waals surface area contributed by atoms with E-state index in [-0.39, 0.29) is 28.7 Å². The molecule has 3 aromatic rings. The van der Waals surface area contributed by atoms with Crippen molar-refractivity contribution in [3.05, 3.63) is 52.5 Å². The molecule has 2 aromatic heterocycles. The number of hydrogen-bond donors (Lipinski definition) is 3. The standard InChI is InChI=1S/C19H15F4N5O5S2/c1-35(30,31)28-14-6-10(4-5-24-14)8-25-16-15(34-9-26-16)17(29)27-11-2-3-12-13(7-11)33-19(22,23)18(20,21)32-12/h2-7,9,25H,8H2,1H3,(H,24,28)(H,27,29). The molecule has 4 rings (SSSR count). The summed E-state index contributed by atoms with van der Waals surface area (Å²) < 4.78 is 86.5. The van der Waals surface area contributed by atoms with E-state index in [1.165, 1.54) is 23.8 Å². The van der Waals surface area contributed by atoms with Crippen LogP contribution in [0.2, 0.25) is 0 Å². The number of hydrogen-bond acceptors (Lipinski definition) is 9. The van der Waals surface area contributed by atoms with Gasteiger partial charge in [-0.3, -0.25) is 9.52 Å². The van der Waals surface area contributed by atoms with Crippen LogP contribution in [-0.4, -0.2) is 42.8 Å². The van der Waals surface area contributed by atoms with Crippen molar-refractivity contribution in [1.29, 1.82) is 0 Å². The van der Waals surface area contributed by atoms with Gasteiger partial charge in [-0.05, 0) is 29.8 Å². The van der Waals surface area contributed by atoms with Gasteiger partial charge >= 0.3 is 12.2 Å². The number of halogens is 4. The van der Waals surface area contributed by atoms with E-state index >= 15 is 0 Å². The quantitative estimate of drug-likeness (QED) is 0.392. The number of nitrogens with one attached hydrogen (secondary N) is 3. The lowest BCUT2D eigenvalue weighted by atomic mass is 10.2. The Morgan fingerprint density at radius 2 is 1.77 bits per heavy atom. The molecule has 186 valence electrons. The molecule has 0 radical (unpaired) electrons. The summed E-state index contributed by atoms with van der Waals surface area (Å²) in [5.41, 5.74) is 2.02. The van der Waals surface area contributed by atoms with E-state index in [2.05, 4.69) is 34.8 Å². The predicted molar refractivity (Wildman–Crippen MR) is 118 cm³/mol. The lowest BCUT2D eigenvalue weighted by Crippen LogP contribution is -2.52. The van der Waals surface area contributed by atoms with E-state index in [1.54, 1.807) is 6.07 Å². The molecular formula is C19H15F4N5O5S2. The molecule has 0 saturated heterocycles. The minimum absolute atomic E-state index is 0.0108. The van der Waals surface area contributed by atoms with Crippen LogP contribution in [0.1, 0.15) is 15.2 Å². The third-order valence-corrected chi connectivity index (χ3v) is 5.77. The fourth-order valence-electron chi connectivity index (χ4n) is 2.88. The molecule has 10 nitrogen and oxygen atoms in total. The first-order valence-corrected chi connectivity index (χ1v) is 12.3. The number of benzene rings is 1. The number of rotatable bonds is 7. The minimum Gasteiger partial charge on any atom is -0.421 e. The van der Waals surface area contributed by atoms with E-state index in [0.717, 1.165) is 29.7 Å². The number of aromatic nitrogens is 2. The summed E-state index contributed by atoms with van der Waals surface area (Å²) in [4.78, 5) is 20.8. The molecule has 1 aromatic carbocycles. The van der Waals surface area contributed by atoms with Gasteiger partial charge in [0.2, 0.25) is 10.0 Å². The lowest BCUT2D eigenvalue weighted by molar-refractivity contribution is -0.391. The molecule has 0 bridgehead atoms. The highest BCUT2D eigenvalue weighted by Crippen LogP contribution is 2.47. The Hall–Kier alpha value is -3.66. The highest BCUT2D eigenvalue weighted by Gasteiger charge is 2.65. The average Bonchev–Trinajstić information content (AvgIpc) is 3.21. The number of fused-ring (bicyclic) bond motifs is 1. The fourth-order valence-corrected chi connectivity index (χ4v) is 4.03. The number of ether oxygens (including phenoxy) is 2. The highest BCUT2D eigenvalue weighted by molar-refractivity contribution is 7.92. The van der Waals surface area contributed by atoms with E-state index in [1.807, 2.05) is 0 Å². The second kappa shape index (κ2) is 8.84. The third-order valence-electron chi connectivity index (χ3n) is 4.36. The number of alkyl halides is 4. The molecular weight excluding hydrogens is 518 g/mol. The van der Waals surface area contributed by atoms with Crippen molar-refractivity contribution < 1.29 is 40.2 Å². The van der Waals surface area contributed by atoms with Crippen LogP contribution < -0.4 is 24.8 Å². The van der Waals surface area contributed by atoms with E-state index < -0.39 is 39.6 Å². The zero-order valence-electron chi connectivity index (χ0n) is 17.5. The Balaban J connectivity index is 1.44. The van der Waals surface area contributed by atoms with Gasteiger partial charge in [-0.1, -0.05) is 0 Å². The monoisotopic (exact) mass is 533 g/mol. The van der Waals surface area contributed by atoms with Gasteiger partial charge in [0.25, 0.3) is 5.91 Å². The minimum atomic E-state index is -4.89. The molecule has 0 aliphatic carbocycles. The molecule has 0 spiro atoms. The maximum Gasteiger partial charge on any atom is 0.507 e. The first-order chi connectivity index (χ1) is 16.3. The van der Waals surface area contributed by atoms with Gasteiger partial charge in [0.15, 0.2) is 11.5 Å². The van der Waals surface area contributed by atoms with Crippen LogP contribution in [0.5, 0.6) is 11.5 Å². The van der Waals surface area contributed by atoms with Crippen molar-refractivity contribution in [3.8, 4) is 11.5 Å². The molecule has 0 unspecified atom stereocenters. The Morgan fingerprint density at radius 1 is 1.06 bits per heavy atom. The van der Waals surface area contributed by atoms with Crippen molar-refractivity contribution in [2.45, 2.75) is 18.8 Å². The lowest BCUT2D eigenvalue weighted by Gasteiger charge is -2.31. The zero-order valence-corrected chi connectivity index (χ0v) is 19.1. The Kier molecular flexibility index (Phi) is 6.18. The van der Waals surface area contributed by atoms with Gasteiger partial charge < -0.3 is 20.1 Å². The summed E-state index contributed by atoms with van der Waals surface area (Å²) in [7, 11) is -3.51. The van der Waals surface area contributed by atoms with E-state index in [9.17, 15) is 30.8 Å². The van der Waals surface area contributed by atoms with E-state index in [4.69, 9.17) is 0 Å². The molecule has 1 amide bonds. The number of carbonyl (C=O) groups is 1. The van der Waals surface area contributed by atoms with Gasteiger partial charge in [0.1, 0.15) is 16.5 Å². The number of anilines is 3. The topological polar surface area (TPSA) is 132 Å². The van der Waals surface area contributed by atoms with Crippen LogP contribution in [0, 0.1) is 0 Å².